The zero-order valence-electron chi connectivity index (χ0n) is 11.0. The second-order valence-corrected chi connectivity index (χ2v) is 5.99. The van der Waals surface area contributed by atoms with Crippen molar-refractivity contribution in [3.05, 3.63) is 40.1 Å². The molecule has 0 amide bonds. The fraction of sp³-hybridized carbons (Fsp3) is 0.385. The summed E-state index contributed by atoms with van der Waals surface area (Å²) >= 11 is 1.34. The lowest BCUT2D eigenvalue weighted by Crippen LogP contribution is -2.16. The predicted molar refractivity (Wildman–Crippen MR) is 74.2 cm³/mol. The average molecular weight is 294 g/mol. The van der Waals surface area contributed by atoms with Gasteiger partial charge in [0.1, 0.15) is 5.82 Å². The molecule has 1 aliphatic rings. The Morgan fingerprint density at radius 3 is 2.95 bits per heavy atom. The highest BCUT2D eigenvalue weighted by atomic mass is 32.2. The van der Waals surface area contributed by atoms with E-state index in [0.717, 1.165) is 17.7 Å². The third kappa shape index (κ3) is 2.51. The second kappa shape index (κ2) is 5.06. The number of aromatic nitrogens is 3. The fourth-order valence-corrected chi connectivity index (χ4v) is 3.20. The van der Waals surface area contributed by atoms with Crippen molar-refractivity contribution in [2.45, 2.75) is 41.9 Å². The molecule has 1 fully saturated rings. The summed E-state index contributed by atoms with van der Waals surface area (Å²) in [4.78, 5) is 12.6. The van der Waals surface area contributed by atoms with Crippen LogP contribution in [0.25, 0.3) is 0 Å². The van der Waals surface area contributed by atoms with Crippen LogP contribution >= 0.6 is 11.8 Å². The van der Waals surface area contributed by atoms with Crippen molar-refractivity contribution in [3.8, 4) is 0 Å². The number of aromatic amines is 1. The molecule has 3 N–H and O–H groups in total. The summed E-state index contributed by atoms with van der Waals surface area (Å²) in [5.41, 5.74) is 6.40. The highest BCUT2D eigenvalue weighted by molar-refractivity contribution is 7.99. The Hall–Kier alpha value is -1.60. The van der Waals surface area contributed by atoms with E-state index in [0.29, 0.717) is 10.7 Å². The maximum atomic E-state index is 13.3. The molecular formula is C13H15FN4OS. The summed E-state index contributed by atoms with van der Waals surface area (Å²) in [5.74, 6) is -0.316. The van der Waals surface area contributed by atoms with E-state index in [-0.39, 0.29) is 23.6 Å². The Bertz CT molecular complexity index is 690. The monoisotopic (exact) mass is 294 g/mol. The van der Waals surface area contributed by atoms with Gasteiger partial charge in [0.05, 0.1) is 0 Å². The Morgan fingerprint density at radius 2 is 2.30 bits per heavy atom. The summed E-state index contributed by atoms with van der Waals surface area (Å²) in [7, 11) is 0. The van der Waals surface area contributed by atoms with E-state index < -0.39 is 0 Å². The number of halogens is 1. The minimum absolute atomic E-state index is 0.195. The number of hydrogen-bond donors (Lipinski definition) is 2. The van der Waals surface area contributed by atoms with Crippen LogP contribution < -0.4 is 11.4 Å². The van der Waals surface area contributed by atoms with E-state index in [2.05, 4.69) is 10.2 Å². The van der Waals surface area contributed by atoms with Crippen molar-refractivity contribution in [2.24, 2.45) is 5.73 Å². The predicted octanol–water partition coefficient (Wildman–Crippen LogP) is 2.22. The maximum Gasteiger partial charge on any atom is 0.344 e. The molecule has 0 aliphatic heterocycles. The van der Waals surface area contributed by atoms with Gasteiger partial charge in [-0.05, 0) is 55.3 Å². The van der Waals surface area contributed by atoms with Crippen molar-refractivity contribution in [1.82, 2.24) is 14.8 Å². The van der Waals surface area contributed by atoms with E-state index in [4.69, 9.17) is 5.73 Å². The molecule has 7 heteroatoms. The van der Waals surface area contributed by atoms with Crippen molar-refractivity contribution in [1.29, 1.82) is 0 Å². The zero-order chi connectivity index (χ0) is 14.3. The third-order valence-electron chi connectivity index (χ3n) is 3.25. The molecule has 0 bridgehead atoms. The standard InChI is InChI=1S/C13H15FN4OS/c1-7(15)10-6-8(14)2-5-11(10)20-13-17-16-12(19)18(13)9-3-4-9/h2,5-7,9H,3-4,15H2,1H3,(H,16,19)/t7-/m0/s1. The number of H-pyrrole nitrogens is 1. The molecule has 1 aliphatic carbocycles. The minimum Gasteiger partial charge on any atom is -0.324 e. The molecule has 0 unspecified atom stereocenters. The van der Waals surface area contributed by atoms with Crippen molar-refractivity contribution >= 4 is 11.8 Å². The molecular weight excluding hydrogens is 279 g/mol. The molecule has 106 valence electrons. The van der Waals surface area contributed by atoms with Crippen molar-refractivity contribution in [2.75, 3.05) is 0 Å². The van der Waals surface area contributed by atoms with Crippen LogP contribution in [0.3, 0.4) is 0 Å². The van der Waals surface area contributed by atoms with Crippen LogP contribution in [0.1, 0.15) is 37.4 Å². The van der Waals surface area contributed by atoms with Crippen molar-refractivity contribution < 1.29 is 4.39 Å². The molecule has 3 rings (SSSR count). The Balaban J connectivity index is 1.97. The highest BCUT2D eigenvalue weighted by Crippen LogP contribution is 2.38. The molecule has 20 heavy (non-hydrogen) atoms. The van der Waals surface area contributed by atoms with Gasteiger partial charge in [-0.2, -0.15) is 0 Å². The summed E-state index contributed by atoms with van der Waals surface area (Å²) in [5, 5.41) is 7.12. The van der Waals surface area contributed by atoms with E-state index in [1.165, 1.54) is 23.9 Å². The van der Waals surface area contributed by atoms with Gasteiger partial charge in [-0.25, -0.2) is 14.3 Å². The van der Waals surface area contributed by atoms with Crippen LogP contribution in [0, 0.1) is 5.82 Å². The molecule has 1 aromatic heterocycles. The lowest BCUT2D eigenvalue weighted by atomic mass is 10.1. The molecule has 1 saturated carbocycles. The number of nitrogens with two attached hydrogens (primary N) is 1. The SMILES string of the molecule is C[C@H](N)c1cc(F)ccc1Sc1n[nH]c(=O)n1C1CC1. The van der Waals surface area contributed by atoms with Gasteiger partial charge in [-0.3, -0.25) is 4.57 Å². The molecule has 0 spiro atoms. The Morgan fingerprint density at radius 1 is 1.55 bits per heavy atom. The number of benzene rings is 1. The van der Waals surface area contributed by atoms with Gasteiger partial charge in [-0.15, -0.1) is 5.10 Å². The molecule has 2 aromatic rings. The van der Waals surface area contributed by atoms with Gasteiger partial charge in [0.15, 0.2) is 5.16 Å². The van der Waals surface area contributed by atoms with E-state index in [9.17, 15) is 9.18 Å². The van der Waals surface area contributed by atoms with Gasteiger partial charge in [0, 0.05) is 17.0 Å². The summed E-state index contributed by atoms with van der Waals surface area (Å²) in [6, 6.07) is 4.45. The van der Waals surface area contributed by atoms with Gasteiger partial charge in [0.2, 0.25) is 0 Å². The van der Waals surface area contributed by atoms with E-state index in [1.54, 1.807) is 17.6 Å². The first-order chi connectivity index (χ1) is 9.56. The van der Waals surface area contributed by atoms with Gasteiger partial charge in [-0.1, -0.05) is 0 Å². The van der Waals surface area contributed by atoms with Gasteiger partial charge < -0.3 is 5.73 Å². The first kappa shape index (κ1) is 13.4. The third-order valence-corrected chi connectivity index (χ3v) is 4.31. The van der Waals surface area contributed by atoms with Gasteiger partial charge >= 0.3 is 5.69 Å². The first-order valence-electron chi connectivity index (χ1n) is 6.46. The lowest BCUT2D eigenvalue weighted by Gasteiger charge is -2.12. The molecule has 1 aromatic carbocycles. The largest absolute Gasteiger partial charge is 0.344 e. The van der Waals surface area contributed by atoms with Crippen molar-refractivity contribution in [3.63, 3.8) is 0 Å². The summed E-state index contributed by atoms with van der Waals surface area (Å²) in [6.07, 6.45) is 1.99. The van der Waals surface area contributed by atoms with E-state index in [1.807, 2.05) is 0 Å². The van der Waals surface area contributed by atoms with E-state index >= 15 is 0 Å². The number of rotatable bonds is 4. The second-order valence-electron chi connectivity index (χ2n) is 4.99. The van der Waals surface area contributed by atoms with Crippen LogP contribution in [0.4, 0.5) is 4.39 Å². The Labute approximate surface area is 119 Å². The zero-order valence-corrected chi connectivity index (χ0v) is 11.8. The maximum absolute atomic E-state index is 13.3. The molecule has 0 saturated heterocycles. The molecule has 1 atom stereocenters. The first-order valence-corrected chi connectivity index (χ1v) is 7.27. The topological polar surface area (TPSA) is 76.7 Å². The number of nitrogens with zero attached hydrogens (tertiary/aromatic N) is 2. The summed E-state index contributed by atoms with van der Waals surface area (Å²) in [6.45, 7) is 1.80. The number of hydrogen-bond acceptors (Lipinski definition) is 4. The average Bonchev–Trinajstić information content (AvgIpc) is 3.17. The van der Waals surface area contributed by atoms with Crippen LogP contribution in [-0.2, 0) is 0 Å². The molecule has 0 radical (unpaired) electrons. The number of nitrogens with one attached hydrogen (secondary N) is 1. The van der Waals surface area contributed by atoms with Crippen LogP contribution in [0.5, 0.6) is 0 Å². The Kier molecular flexibility index (Phi) is 3.39. The smallest absolute Gasteiger partial charge is 0.324 e. The van der Waals surface area contributed by atoms with Crippen LogP contribution in [0.15, 0.2) is 33.0 Å². The highest BCUT2D eigenvalue weighted by Gasteiger charge is 2.29. The van der Waals surface area contributed by atoms with Crippen LogP contribution in [0.2, 0.25) is 0 Å². The quantitative estimate of drug-likeness (QED) is 0.906. The normalized spacial score (nSPS) is 16.4. The molecule has 1 heterocycles. The minimum atomic E-state index is -0.316. The fourth-order valence-electron chi connectivity index (χ4n) is 2.08. The lowest BCUT2D eigenvalue weighted by molar-refractivity contribution is 0.618. The van der Waals surface area contributed by atoms with Crippen LogP contribution in [-0.4, -0.2) is 14.8 Å². The summed E-state index contributed by atoms with van der Waals surface area (Å²) < 4.78 is 15.0. The molecule has 5 nitrogen and oxygen atoms in total. The van der Waals surface area contributed by atoms with Gasteiger partial charge in [0.25, 0.3) is 0 Å².